The molecule has 2 heterocycles. The highest BCUT2D eigenvalue weighted by Gasteiger charge is 2.23. The number of piperazine rings is 1. The number of aromatic nitrogens is 2. The molecule has 0 aromatic carbocycles. The van der Waals surface area contributed by atoms with E-state index in [1.165, 1.54) is 0 Å². The van der Waals surface area contributed by atoms with Gasteiger partial charge in [-0.3, -0.25) is 14.4 Å². The first-order chi connectivity index (χ1) is 8.63. The Morgan fingerprint density at radius 2 is 2.06 bits per heavy atom. The first-order valence-electron chi connectivity index (χ1n) is 6.33. The third kappa shape index (κ3) is 2.54. The Kier molecular flexibility index (Phi) is 3.98. The Balaban J connectivity index is 1.97. The van der Waals surface area contributed by atoms with Crippen LogP contribution >= 0.6 is 0 Å². The lowest BCUT2D eigenvalue weighted by Gasteiger charge is -2.34. The average Bonchev–Trinajstić information content (AvgIpc) is 2.71. The Bertz CT molecular complexity index is 420. The van der Waals surface area contributed by atoms with Crippen molar-refractivity contribution in [3.63, 3.8) is 0 Å². The summed E-state index contributed by atoms with van der Waals surface area (Å²) in [6, 6.07) is 0. The average molecular weight is 251 g/mol. The van der Waals surface area contributed by atoms with Crippen molar-refractivity contribution in [2.45, 2.75) is 6.92 Å². The van der Waals surface area contributed by atoms with Crippen molar-refractivity contribution < 1.29 is 4.79 Å². The zero-order valence-corrected chi connectivity index (χ0v) is 11.1. The summed E-state index contributed by atoms with van der Waals surface area (Å²) in [5, 5.41) is 4.12. The van der Waals surface area contributed by atoms with Crippen LogP contribution in [0.25, 0.3) is 0 Å². The van der Waals surface area contributed by atoms with Crippen LogP contribution in [-0.2, 0) is 7.05 Å². The highest BCUT2D eigenvalue weighted by atomic mass is 16.2. The van der Waals surface area contributed by atoms with Crippen molar-refractivity contribution in [2.75, 3.05) is 39.3 Å². The second kappa shape index (κ2) is 5.49. The van der Waals surface area contributed by atoms with Crippen LogP contribution in [0.1, 0.15) is 16.1 Å². The van der Waals surface area contributed by atoms with E-state index in [1.54, 1.807) is 10.9 Å². The fraction of sp³-hybridized carbons (Fsp3) is 0.667. The molecule has 2 N–H and O–H groups in total. The molecule has 6 nitrogen and oxygen atoms in total. The smallest absolute Gasteiger partial charge is 0.257 e. The molecule has 1 amide bonds. The maximum atomic E-state index is 12.3. The van der Waals surface area contributed by atoms with Gasteiger partial charge in [0.1, 0.15) is 0 Å². The molecular formula is C12H21N5O. The van der Waals surface area contributed by atoms with Crippen LogP contribution in [-0.4, -0.2) is 64.8 Å². The van der Waals surface area contributed by atoms with E-state index >= 15 is 0 Å². The van der Waals surface area contributed by atoms with Gasteiger partial charge in [-0.25, -0.2) is 0 Å². The molecule has 0 bridgehead atoms. The van der Waals surface area contributed by atoms with Gasteiger partial charge in [0, 0.05) is 52.0 Å². The number of carbonyl (C=O) groups is 1. The number of amides is 1. The molecule has 0 spiro atoms. The second-order valence-corrected chi connectivity index (χ2v) is 4.69. The van der Waals surface area contributed by atoms with Crippen molar-refractivity contribution in [1.29, 1.82) is 0 Å². The van der Waals surface area contributed by atoms with Gasteiger partial charge in [-0.15, -0.1) is 0 Å². The number of hydrogen-bond donors (Lipinski definition) is 1. The minimum absolute atomic E-state index is 0.0907. The standard InChI is InChI=1S/C12H21N5O/c1-10-11(9-14-15(10)2)12(18)17-7-5-16(4-3-13)6-8-17/h9H,3-8,13H2,1-2H3. The van der Waals surface area contributed by atoms with E-state index in [4.69, 9.17) is 5.73 Å². The number of aryl methyl sites for hydroxylation is 1. The predicted molar refractivity (Wildman–Crippen MR) is 69.3 cm³/mol. The summed E-state index contributed by atoms with van der Waals surface area (Å²) < 4.78 is 1.73. The molecule has 0 atom stereocenters. The van der Waals surface area contributed by atoms with Gasteiger partial charge in [0.05, 0.1) is 11.8 Å². The number of carbonyl (C=O) groups excluding carboxylic acids is 1. The second-order valence-electron chi connectivity index (χ2n) is 4.69. The van der Waals surface area contributed by atoms with E-state index in [0.29, 0.717) is 12.1 Å². The summed E-state index contributed by atoms with van der Waals surface area (Å²) >= 11 is 0. The van der Waals surface area contributed by atoms with Crippen LogP contribution in [0, 0.1) is 6.92 Å². The molecule has 2 rings (SSSR count). The van der Waals surface area contributed by atoms with E-state index in [2.05, 4.69) is 10.00 Å². The van der Waals surface area contributed by atoms with Crippen LogP contribution in [0.5, 0.6) is 0 Å². The minimum Gasteiger partial charge on any atom is -0.336 e. The molecule has 100 valence electrons. The molecule has 6 heteroatoms. The molecule has 0 radical (unpaired) electrons. The summed E-state index contributed by atoms with van der Waals surface area (Å²) in [5.74, 6) is 0.0907. The SMILES string of the molecule is Cc1c(C(=O)N2CCN(CCN)CC2)cnn1C. The molecule has 0 aliphatic carbocycles. The van der Waals surface area contributed by atoms with Gasteiger partial charge in [0.15, 0.2) is 0 Å². The van der Waals surface area contributed by atoms with Crippen molar-refractivity contribution in [1.82, 2.24) is 19.6 Å². The van der Waals surface area contributed by atoms with Crippen LogP contribution in [0.2, 0.25) is 0 Å². The van der Waals surface area contributed by atoms with Gasteiger partial charge >= 0.3 is 0 Å². The fourth-order valence-electron chi connectivity index (χ4n) is 2.24. The first kappa shape index (κ1) is 13.0. The number of nitrogens with two attached hydrogens (primary N) is 1. The quantitative estimate of drug-likeness (QED) is 0.782. The summed E-state index contributed by atoms with van der Waals surface area (Å²) in [5.41, 5.74) is 7.17. The van der Waals surface area contributed by atoms with Gasteiger partial charge in [0.25, 0.3) is 5.91 Å². The monoisotopic (exact) mass is 251 g/mol. The minimum atomic E-state index is 0.0907. The maximum Gasteiger partial charge on any atom is 0.257 e. The Labute approximate surface area is 107 Å². The van der Waals surface area contributed by atoms with E-state index in [1.807, 2.05) is 18.9 Å². The lowest BCUT2D eigenvalue weighted by Crippen LogP contribution is -2.49. The fourth-order valence-corrected chi connectivity index (χ4v) is 2.24. The van der Waals surface area contributed by atoms with Gasteiger partial charge in [-0.05, 0) is 6.92 Å². The van der Waals surface area contributed by atoms with Crippen LogP contribution in [0.3, 0.4) is 0 Å². The number of rotatable bonds is 3. The van der Waals surface area contributed by atoms with Crippen LogP contribution in [0.4, 0.5) is 0 Å². The molecule has 18 heavy (non-hydrogen) atoms. The van der Waals surface area contributed by atoms with Gasteiger partial charge in [-0.1, -0.05) is 0 Å². The molecule has 1 aliphatic rings. The summed E-state index contributed by atoms with van der Waals surface area (Å²) in [6.07, 6.45) is 1.66. The summed E-state index contributed by atoms with van der Waals surface area (Å²) in [6.45, 7) is 6.86. The normalized spacial score (nSPS) is 17.2. The number of hydrogen-bond acceptors (Lipinski definition) is 4. The Morgan fingerprint density at radius 1 is 1.39 bits per heavy atom. The Hall–Kier alpha value is -1.40. The molecule has 1 fully saturated rings. The van der Waals surface area contributed by atoms with Gasteiger partial charge in [0.2, 0.25) is 0 Å². The lowest BCUT2D eigenvalue weighted by molar-refractivity contribution is 0.0640. The first-order valence-corrected chi connectivity index (χ1v) is 6.33. The molecule has 1 aliphatic heterocycles. The molecule has 1 aromatic heterocycles. The van der Waals surface area contributed by atoms with E-state index < -0.39 is 0 Å². The maximum absolute atomic E-state index is 12.3. The van der Waals surface area contributed by atoms with Gasteiger partial charge in [-0.2, -0.15) is 5.10 Å². The molecule has 0 saturated carbocycles. The summed E-state index contributed by atoms with van der Waals surface area (Å²) in [4.78, 5) is 16.5. The molecule has 1 saturated heterocycles. The van der Waals surface area contributed by atoms with Crippen molar-refractivity contribution in [2.24, 2.45) is 12.8 Å². The predicted octanol–water partition coefficient (Wildman–Crippen LogP) is -0.555. The molecular weight excluding hydrogens is 230 g/mol. The zero-order valence-electron chi connectivity index (χ0n) is 11.1. The van der Waals surface area contributed by atoms with Crippen molar-refractivity contribution in [3.8, 4) is 0 Å². The molecule has 0 unspecified atom stereocenters. The lowest BCUT2D eigenvalue weighted by atomic mass is 10.2. The third-order valence-corrected chi connectivity index (χ3v) is 3.57. The van der Waals surface area contributed by atoms with Crippen LogP contribution in [0.15, 0.2) is 6.20 Å². The van der Waals surface area contributed by atoms with Crippen molar-refractivity contribution in [3.05, 3.63) is 17.5 Å². The highest BCUT2D eigenvalue weighted by Crippen LogP contribution is 2.11. The van der Waals surface area contributed by atoms with E-state index in [9.17, 15) is 4.79 Å². The molecule has 1 aromatic rings. The third-order valence-electron chi connectivity index (χ3n) is 3.57. The largest absolute Gasteiger partial charge is 0.336 e. The highest BCUT2D eigenvalue weighted by molar-refractivity contribution is 5.95. The zero-order chi connectivity index (χ0) is 13.1. The van der Waals surface area contributed by atoms with E-state index in [0.717, 1.165) is 38.4 Å². The Morgan fingerprint density at radius 3 is 2.56 bits per heavy atom. The number of nitrogens with zero attached hydrogens (tertiary/aromatic N) is 4. The van der Waals surface area contributed by atoms with Crippen molar-refractivity contribution >= 4 is 5.91 Å². The summed E-state index contributed by atoms with van der Waals surface area (Å²) in [7, 11) is 1.85. The van der Waals surface area contributed by atoms with E-state index in [-0.39, 0.29) is 5.91 Å². The van der Waals surface area contributed by atoms with Crippen LogP contribution < -0.4 is 5.73 Å². The topological polar surface area (TPSA) is 67.4 Å². The van der Waals surface area contributed by atoms with Gasteiger partial charge < -0.3 is 10.6 Å².